The van der Waals surface area contributed by atoms with Crippen molar-refractivity contribution < 1.29 is 23.5 Å². The number of nitrogens with one attached hydrogen (secondary N) is 1. The molecule has 212 valence electrons. The molecule has 0 fully saturated rings. The summed E-state index contributed by atoms with van der Waals surface area (Å²) in [6.45, 7) is 14.0. The van der Waals surface area contributed by atoms with Crippen LogP contribution in [0.5, 0.6) is 0 Å². The van der Waals surface area contributed by atoms with E-state index in [9.17, 15) is 14.4 Å². The van der Waals surface area contributed by atoms with Crippen LogP contribution in [0.3, 0.4) is 0 Å². The van der Waals surface area contributed by atoms with Gasteiger partial charge in [0.25, 0.3) is 5.97 Å². The molecule has 0 heterocycles. The Balaban J connectivity index is 1.68. The van der Waals surface area contributed by atoms with E-state index in [2.05, 4.69) is 43.4 Å². The molecule has 2 aromatic carbocycles. The van der Waals surface area contributed by atoms with Crippen LogP contribution in [0.4, 0.5) is 4.79 Å². The van der Waals surface area contributed by atoms with Crippen molar-refractivity contribution in [3.8, 4) is 11.1 Å². The monoisotopic (exact) mass is 552 g/mol. The van der Waals surface area contributed by atoms with Crippen molar-refractivity contribution in [1.29, 1.82) is 0 Å². The summed E-state index contributed by atoms with van der Waals surface area (Å²) in [6.07, 6.45) is 0.148. The number of rotatable bonds is 11. The van der Waals surface area contributed by atoms with Crippen molar-refractivity contribution in [1.82, 2.24) is 10.2 Å². The second-order valence-corrected chi connectivity index (χ2v) is 16.6. The number of alkyl carbamates (subject to hydrolysis) is 1. The molecule has 0 bridgehead atoms. The van der Waals surface area contributed by atoms with Gasteiger partial charge in [0.05, 0.1) is 6.42 Å². The van der Waals surface area contributed by atoms with Gasteiger partial charge in [-0.25, -0.2) is 4.79 Å². The van der Waals surface area contributed by atoms with Crippen LogP contribution in [-0.2, 0) is 18.8 Å². The zero-order chi connectivity index (χ0) is 28.9. The SMILES string of the molecule is CC(C)C[C@@H](CC(=O)O[Si](C)(C)C)N(C)C(=O)[C@@H](NC(=O)OCC1c2ccccc2-c2ccccc21)C(C)C. The molecular formula is C31H44N2O5Si. The molecule has 0 aromatic heterocycles. The van der Waals surface area contributed by atoms with E-state index in [0.29, 0.717) is 6.42 Å². The van der Waals surface area contributed by atoms with Crippen LogP contribution in [0, 0.1) is 11.8 Å². The number of ether oxygens (including phenoxy) is 1. The van der Waals surface area contributed by atoms with Crippen LogP contribution >= 0.6 is 0 Å². The number of carbonyl (C=O) groups is 3. The summed E-state index contributed by atoms with van der Waals surface area (Å²) in [5, 5.41) is 2.81. The Bertz CT molecular complexity index is 1130. The van der Waals surface area contributed by atoms with Gasteiger partial charge in [-0.05, 0) is 60.2 Å². The third kappa shape index (κ3) is 7.94. The van der Waals surface area contributed by atoms with Gasteiger partial charge in [0, 0.05) is 19.0 Å². The average molecular weight is 553 g/mol. The normalized spacial score (nSPS) is 14.4. The fourth-order valence-electron chi connectivity index (χ4n) is 5.18. The molecule has 8 heteroatoms. The van der Waals surface area contributed by atoms with E-state index in [1.54, 1.807) is 11.9 Å². The van der Waals surface area contributed by atoms with Crippen molar-refractivity contribution >= 4 is 26.3 Å². The van der Waals surface area contributed by atoms with Gasteiger partial charge in [0.1, 0.15) is 12.6 Å². The molecule has 0 radical (unpaired) electrons. The molecule has 0 aliphatic heterocycles. The lowest BCUT2D eigenvalue weighted by atomic mass is 9.97. The number of hydrogen-bond acceptors (Lipinski definition) is 5. The fourth-order valence-corrected chi connectivity index (χ4v) is 5.94. The highest BCUT2D eigenvalue weighted by molar-refractivity contribution is 6.71. The summed E-state index contributed by atoms with van der Waals surface area (Å²) in [7, 11) is -0.342. The minimum Gasteiger partial charge on any atom is -0.520 e. The highest BCUT2D eigenvalue weighted by Gasteiger charge is 2.34. The Morgan fingerprint density at radius 3 is 1.95 bits per heavy atom. The van der Waals surface area contributed by atoms with Crippen LogP contribution in [0.1, 0.15) is 57.6 Å². The molecule has 2 amide bonds. The lowest BCUT2D eigenvalue weighted by molar-refractivity contribution is -0.140. The average Bonchev–Trinajstić information content (AvgIpc) is 3.17. The van der Waals surface area contributed by atoms with Crippen LogP contribution < -0.4 is 5.32 Å². The van der Waals surface area contributed by atoms with E-state index in [0.717, 1.165) is 22.3 Å². The van der Waals surface area contributed by atoms with Gasteiger partial charge in [0.15, 0.2) is 0 Å². The summed E-state index contributed by atoms with van der Waals surface area (Å²) in [5.41, 5.74) is 4.57. The molecule has 0 saturated heterocycles. The molecule has 3 rings (SSSR count). The van der Waals surface area contributed by atoms with Gasteiger partial charge >= 0.3 is 6.09 Å². The molecule has 2 aromatic rings. The third-order valence-corrected chi connectivity index (χ3v) is 7.85. The first-order valence-electron chi connectivity index (χ1n) is 13.9. The smallest absolute Gasteiger partial charge is 0.407 e. The first kappa shape index (κ1) is 30.4. The minimum absolute atomic E-state index is 0.0631. The van der Waals surface area contributed by atoms with E-state index in [1.807, 2.05) is 57.8 Å². The standard InChI is InChI=1S/C31H44N2O5Si/c1-20(2)17-22(18-28(34)38-39(6,7)8)33(5)30(35)29(21(3)4)32-31(36)37-19-27-25-15-11-9-13-23(25)24-14-10-12-16-26(24)27/h9-16,20-22,27,29H,17-19H2,1-8H3,(H,32,36)/t22-,29-/m0/s1. The van der Waals surface area contributed by atoms with E-state index in [4.69, 9.17) is 9.16 Å². The summed E-state index contributed by atoms with van der Waals surface area (Å²) in [6, 6.07) is 15.2. The van der Waals surface area contributed by atoms with Crippen molar-refractivity contribution in [3.05, 3.63) is 59.7 Å². The zero-order valence-corrected chi connectivity index (χ0v) is 25.6. The number of likely N-dealkylation sites (N-methyl/N-ethyl adjacent to an activating group) is 1. The lowest BCUT2D eigenvalue weighted by Gasteiger charge is -2.34. The van der Waals surface area contributed by atoms with Crippen molar-refractivity contribution in [2.45, 2.75) is 78.2 Å². The Hall–Kier alpha value is -3.13. The lowest BCUT2D eigenvalue weighted by Crippen LogP contribution is -2.53. The molecule has 1 aliphatic carbocycles. The van der Waals surface area contributed by atoms with Crippen molar-refractivity contribution in [2.24, 2.45) is 11.8 Å². The van der Waals surface area contributed by atoms with Gasteiger partial charge in [-0.15, -0.1) is 0 Å². The van der Waals surface area contributed by atoms with Gasteiger partial charge in [-0.1, -0.05) is 76.2 Å². The highest BCUT2D eigenvalue weighted by atomic mass is 28.4. The number of carbonyl (C=O) groups excluding carboxylic acids is 3. The Morgan fingerprint density at radius 2 is 1.46 bits per heavy atom. The Morgan fingerprint density at radius 1 is 0.923 bits per heavy atom. The number of benzene rings is 2. The number of fused-ring (bicyclic) bond motifs is 3. The Labute approximate surface area is 234 Å². The van der Waals surface area contributed by atoms with Crippen LogP contribution in [0.15, 0.2) is 48.5 Å². The highest BCUT2D eigenvalue weighted by Crippen LogP contribution is 2.44. The molecule has 0 spiro atoms. The maximum Gasteiger partial charge on any atom is 0.407 e. The number of amides is 2. The predicted molar refractivity (Wildman–Crippen MR) is 157 cm³/mol. The molecule has 39 heavy (non-hydrogen) atoms. The fraction of sp³-hybridized carbons (Fsp3) is 0.516. The van der Waals surface area contributed by atoms with E-state index in [1.165, 1.54) is 0 Å². The minimum atomic E-state index is -2.04. The molecule has 1 N–H and O–H groups in total. The van der Waals surface area contributed by atoms with Crippen LogP contribution in [-0.4, -0.2) is 56.9 Å². The van der Waals surface area contributed by atoms with Crippen LogP contribution in [0.2, 0.25) is 19.6 Å². The first-order chi connectivity index (χ1) is 18.3. The summed E-state index contributed by atoms with van der Waals surface area (Å²) in [5.74, 6) is -0.492. The van der Waals surface area contributed by atoms with E-state index in [-0.39, 0.29) is 48.7 Å². The van der Waals surface area contributed by atoms with Crippen LogP contribution in [0.25, 0.3) is 11.1 Å². The van der Waals surface area contributed by atoms with Gasteiger partial charge in [0.2, 0.25) is 14.2 Å². The van der Waals surface area contributed by atoms with Crippen molar-refractivity contribution in [3.63, 3.8) is 0 Å². The topological polar surface area (TPSA) is 84.9 Å². The van der Waals surface area contributed by atoms with E-state index < -0.39 is 20.5 Å². The molecular weight excluding hydrogens is 508 g/mol. The van der Waals surface area contributed by atoms with Gasteiger partial charge < -0.3 is 19.4 Å². The quantitative estimate of drug-likeness (QED) is 0.336. The second-order valence-electron chi connectivity index (χ2n) is 12.2. The third-order valence-electron chi connectivity index (χ3n) is 7.01. The van der Waals surface area contributed by atoms with Gasteiger partial charge in [-0.2, -0.15) is 0 Å². The second kappa shape index (κ2) is 12.8. The van der Waals surface area contributed by atoms with Crippen molar-refractivity contribution in [2.75, 3.05) is 13.7 Å². The summed E-state index contributed by atoms with van der Waals surface area (Å²) < 4.78 is 11.4. The molecule has 0 saturated carbocycles. The number of nitrogens with zero attached hydrogens (tertiary/aromatic N) is 1. The predicted octanol–water partition coefficient (Wildman–Crippen LogP) is 6.19. The first-order valence-corrected chi connectivity index (χ1v) is 17.3. The summed E-state index contributed by atoms with van der Waals surface area (Å²) in [4.78, 5) is 40.8. The largest absolute Gasteiger partial charge is 0.520 e. The zero-order valence-electron chi connectivity index (χ0n) is 24.6. The molecule has 1 aliphatic rings. The Kier molecular flexibility index (Phi) is 9.99. The molecule has 2 atom stereocenters. The maximum atomic E-state index is 13.6. The molecule has 7 nitrogen and oxygen atoms in total. The maximum absolute atomic E-state index is 13.6. The van der Waals surface area contributed by atoms with Gasteiger partial charge in [-0.3, -0.25) is 9.59 Å². The summed E-state index contributed by atoms with van der Waals surface area (Å²) >= 11 is 0. The number of hydrogen-bond donors (Lipinski definition) is 1. The van der Waals surface area contributed by atoms with E-state index >= 15 is 0 Å². The molecule has 0 unspecified atom stereocenters.